The highest BCUT2D eigenvalue weighted by atomic mass is 15.0. The van der Waals surface area contributed by atoms with E-state index >= 15 is 0 Å². The Morgan fingerprint density at radius 1 is 0.486 bits per heavy atom. The van der Waals surface area contributed by atoms with Gasteiger partial charge in [-0.05, 0) is 62.7 Å². The van der Waals surface area contributed by atoms with Gasteiger partial charge in [0, 0.05) is 21.6 Å². The fraction of sp³-hybridized carbons (Fsp3) is 0.167. The normalized spacial score (nSPS) is 16.0. The zero-order valence-electron chi connectivity index (χ0n) is 21.8. The summed E-state index contributed by atoms with van der Waals surface area (Å²) in [4.78, 5) is 0. The van der Waals surface area contributed by atoms with E-state index in [1.165, 1.54) is 72.0 Å². The highest BCUT2D eigenvalue weighted by Crippen LogP contribution is 2.55. The van der Waals surface area contributed by atoms with E-state index in [-0.39, 0.29) is 10.8 Å². The highest BCUT2D eigenvalue weighted by Gasteiger charge is 2.40. The highest BCUT2D eigenvalue weighted by molar-refractivity contribution is 6.18. The number of rotatable bonds is 1. The van der Waals surface area contributed by atoms with Gasteiger partial charge in [0.15, 0.2) is 0 Å². The van der Waals surface area contributed by atoms with Gasteiger partial charge >= 0.3 is 0 Å². The van der Waals surface area contributed by atoms with Gasteiger partial charge in [0.1, 0.15) is 0 Å². The number of fused-ring (bicyclic) bond motifs is 10. The zero-order chi connectivity index (χ0) is 25.1. The monoisotopic (exact) mass is 475 g/mol. The van der Waals surface area contributed by atoms with E-state index in [1.807, 2.05) is 0 Å². The minimum atomic E-state index is -0.0778. The topological polar surface area (TPSA) is 4.93 Å². The average molecular weight is 476 g/mol. The van der Waals surface area contributed by atoms with Crippen molar-refractivity contribution in [1.29, 1.82) is 0 Å². The minimum Gasteiger partial charge on any atom is -0.309 e. The van der Waals surface area contributed by atoms with Crippen LogP contribution in [0.5, 0.6) is 0 Å². The van der Waals surface area contributed by atoms with Crippen molar-refractivity contribution in [2.75, 3.05) is 0 Å². The van der Waals surface area contributed by atoms with Crippen molar-refractivity contribution < 1.29 is 0 Å². The molecule has 178 valence electrons. The number of para-hydroxylation sites is 1. The average Bonchev–Trinajstić information content (AvgIpc) is 3.46. The lowest BCUT2D eigenvalue weighted by atomic mass is 9.81. The summed E-state index contributed by atoms with van der Waals surface area (Å²) in [7, 11) is 0. The van der Waals surface area contributed by atoms with Crippen molar-refractivity contribution in [2.45, 2.75) is 38.5 Å². The van der Waals surface area contributed by atoms with Gasteiger partial charge in [-0.25, -0.2) is 0 Å². The molecule has 6 aromatic rings. The van der Waals surface area contributed by atoms with E-state index in [0.29, 0.717) is 0 Å². The summed E-state index contributed by atoms with van der Waals surface area (Å²) in [5, 5.41) is 2.70. The van der Waals surface area contributed by atoms with Gasteiger partial charge in [0.05, 0.1) is 16.7 Å². The smallest absolute Gasteiger partial charge is 0.0547 e. The third-order valence-electron chi connectivity index (χ3n) is 9.18. The summed E-state index contributed by atoms with van der Waals surface area (Å²) in [5.74, 6) is 0. The molecule has 0 saturated heterocycles. The predicted octanol–water partition coefficient (Wildman–Crippen LogP) is 9.40. The van der Waals surface area contributed by atoms with E-state index < -0.39 is 0 Å². The number of hydrogen-bond acceptors (Lipinski definition) is 0. The first-order chi connectivity index (χ1) is 17.9. The second-order valence-electron chi connectivity index (χ2n) is 11.8. The molecular formula is C36H29N. The Labute approximate surface area is 218 Å². The van der Waals surface area contributed by atoms with E-state index in [0.717, 1.165) is 0 Å². The molecule has 0 amide bonds. The van der Waals surface area contributed by atoms with E-state index in [2.05, 4.69) is 135 Å². The molecule has 0 spiro atoms. The third kappa shape index (κ3) is 2.45. The van der Waals surface area contributed by atoms with Gasteiger partial charge in [0.25, 0.3) is 0 Å². The molecule has 2 aliphatic rings. The summed E-state index contributed by atoms with van der Waals surface area (Å²) in [6.07, 6.45) is 0. The van der Waals surface area contributed by atoms with Crippen LogP contribution >= 0.6 is 0 Å². The molecule has 0 atom stereocenters. The summed E-state index contributed by atoms with van der Waals surface area (Å²) in [5.41, 5.74) is 14.9. The number of nitrogens with zero attached hydrogens (tertiary/aromatic N) is 1. The van der Waals surface area contributed by atoms with Crippen LogP contribution in [0.15, 0.2) is 103 Å². The lowest BCUT2D eigenvalue weighted by Gasteiger charge is -2.25. The number of benzene rings is 5. The first-order valence-electron chi connectivity index (χ1n) is 13.3. The van der Waals surface area contributed by atoms with Crippen molar-refractivity contribution in [3.63, 3.8) is 0 Å². The largest absolute Gasteiger partial charge is 0.309 e. The number of hydrogen-bond donors (Lipinski definition) is 0. The van der Waals surface area contributed by atoms with Gasteiger partial charge in [-0.3, -0.25) is 0 Å². The molecule has 0 fully saturated rings. The van der Waals surface area contributed by atoms with Crippen molar-refractivity contribution >= 4 is 21.8 Å². The van der Waals surface area contributed by atoms with E-state index in [4.69, 9.17) is 0 Å². The van der Waals surface area contributed by atoms with Crippen LogP contribution in [0.2, 0.25) is 0 Å². The lowest BCUT2D eigenvalue weighted by Crippen LogP contribution is -2.18. The fourth-order valence-corrected chi connectivity index (χ4v) is 7.52. The molecule has 1 aromatic heterocycles. The second-order valence-corrected chi connectivity index (χ2v) is 11.8. The maximum Gasteiger partial charge on any atom is 0.0547 e. The standard InChI is InChI=1S/C36H29N/c1-35(2)27-17-9-6-13-24(27)32-28(35)20-21-30-33(32)25-14-7-10-18-29(25)37(30)31-19-11-15-23-22-12-5-8-16-26(22)36(3,4)34(23)31/h5-21H,1-4H3. The van der Waals surface area contributed by atoms with Crippen LogP contribution in [-0.2, 0) is 10.8 Å². The Hall–Kier alpha value is -4.10. The molecule has 1 nitrogen and oxygen atoms in total. The molecule has 1 heteroatoms. The maximum atomic E-state index is 2.53. The summed E-state index contributed by atoms with van der Waals surface area (Å²) < 4.78 is 2.53. The molecule has 0 bridgehead atoms. The lowest BCUT2D eigenvalue weighted by molar-refractivity contribution is 0.656. The molecule has 5 aromatic carbocycles. The van der Waals surface area contributed by atoms with Gasteiger partial charge in [-0.15, -0.1) is 0 Å². The van der Waals surface area contributed by atoms with Gasteiger partial charge < -0.3 is 4.57 Å². The van der Waals surface area contributed by atoms with Gasteiger partial charge in [-0.2, -0.15) is 0 Å². The molecule has 0 aliphatic heterocycles. The van der Waals surface area contributed by atoms with Crippen molar-refractivity contribution in [3.8, 4) is 27.9 Å². The van der Waals surface area contributed by atoms with Crippen LogP contribution in [-0.4, -0.2) is 4.57 Å². The van der Waals surface area contributed by atoms with Crippen LogP contribution in [0.25, 0.3) is 49.7 Å². The van der Waals surface area contributed by atoms with Gasteiger partial charge in [-0.1, -0.05) is 113 Å². The van der Waals surface area contributed by atoms with Crippen molar-refractivity contribution in [2.24, 2.45) is 0 Å². The van der Waals surface area contributed by atoms with Crippen LogP contribution in [0.3, 0.4) is 0 Å². The first-order valence-corrected chi connectivity index (χ1v) is 13.3. The van der Waals surface area contributed by atoms with E-state index in [9.17, 15) is 0 Å². The Kier molecular flexibility index (Phi) is 3.87. The van der Waals surface area contributed by atoms with Crippen LogP contribution < -0.4 is 0 Å². The second kappa shape index (κ2) is 6.81. The minimum absolute atomic E-state index is 0.0129. The summed E-state index contributed by atoms with van der Waals surface area (Å²) >= 11 is 0. The maximum absolute atomic E-state index is 2.53. The van der Waals surface area contributed by atoms with Crippen molar-refractivity contribution in [3.05, 3.63) is 125 Å². The fourth-order valence-electron chi connectivity index (χ4n) is 7.52. The zero-order valence-corrected chi connectivity index (χ0v) is 21.8. The van der Waals surface area contributed by atoms with E-state index in [1.54, 1.807) is 0 Å². The van der Waals surface area contributed by atoms with Crippen molar-refractivity contribution in [1.82, 2.24) is 4.57 Å². The molecule has 0 N–H and O–H groups in total. The third-order valence-corrected chi connectivity index (χ3v) is 9.18. The first kappa shape index (κ1) is 21.0. The molecular weight excluding hydrogens is 446 g/mol. The number of aromatic nitrogens is 1. The van der Waals surface area contributed by atoms with Crippen LogP contribution in [0, 0.1) is 0 Å². The molecule has 1 heterocycles. The Morgan fingerprint density at radius 3 is 1.95 bits per heavy atom. The summed E-state index contributed by atoms with van der Waals surface area (Å²) in [6.45, 7) is 9.50. The van der Waals surface area contributed by atoms with Crippen LogP contribution in [0.4, 0.5) is 0 Å². The molecule has 2 aliphatic carbocycles. The molecule has 0 unspecified atom stereocenters. The Balaban J connectivity index is 1.54. The van der Waals surface area contributed by atoms with Crippen LogP contribution in [0.1, 0.15) is 49.9 Å². The molecule has 37 heavy (non-hydrogen) atoms. The quantitative estimate of drug-likeness (QED) is 0.223. The molecule has 0 saturated carbocycles. The SMILES string of the molecule is CC1(C)c2ccccc2-c2c1ccc1c2c2ccccc2n1-c1cccc2c1C(C)(C)c1ccccc1-2. The molecule has 0 radical (unpaired) electrons. The summed E-state index contributed by atoms with van der Waals surface area (Å²) in [6, 6.07) is 38.5. The predicted molar refractivity (Wildman–Crippen MR) is 156 cm³/mol. The molecule has 8 rings (SSSR count). The Morgan fingerprint density at radius 2 is 1.14 bits per heavy atom. The van der Waals surface area contributed by atoms with Gasteiger partial charge in [0.2, 0.25) is 0 Å². The Bertz CT molecular complexity index is 1930.